The van der Waals surface area contributed by atoms with Crippen molar-refractivity contribution >= 4 is 26.8 Å². The van der Waals surface area contributed by atoms with Gasteiger partial charge in [-0.15, -0.1) is 5.73 Å². The Hall–Kier alpha value is -2.98. The van der Waals surface area contributed by atoms with Gasteiger partial charge in [-0.25, -0.2) is 0 Å². The monoisotopic (exact) mass is 595 g/mol. The topological polar surface area (TPSA) is 42.2 Å². The molecule has 2 atom stereocenters. The third-order valence-corrected chi connectivity index (χ3v) is 18.6. The van der Waals surface area contributed by atoms with Crippen LogP contribution in [0.25, 0.3) is 0 Å². The van der Waals surface area contributed by atoms with Crippen LogP contribution in [0.3, 0.4) is 0 Å². The predicted octanol–water partition coefficient (Wildman–Crippen LogP) is 8.58. The van der Waals surface area contributed by atoms with E-state index in [0.717, 1.165) is 5.56 Å². The van der Waals surface area contributed by atoms with Crippen molar-refractivity contribution in [1.82, 2.24) is 0 Å². The van der Waals surface area contributed by atoms with Crippen LogP contribution in [0.1, 0.15) is 59.9 Å². The van der Waals surface area contributed by atoms with E-state index in [1.807, 2.05) is 18.2 Å². The molecule has 0 N–H and O–H groups in total. The van der Waals surface area contributed by atoms with E-state index < -0.39 is 16.4 Å². The molecular formula is C37H49NO2Si2. The third kappa shape index (κ3) is 8.31. The zero-order valence-electron chi connectivity index (χ0n) is 26.9. The summed E-state index contributed by atoms with van der Waals surface area (Å²) in [5, 5.41) is 12.6. The highest BCUT2D eigenvalue weighted by Crippen LogP contribution is 2.39. The minimum Gasteiger partial charge on any atom is -0.410 e. The number of nitrogens with zero attached hydrogens (tertiary/aromatic N) is 1. The van der Waals surface area contributed by atoms with Crippen LogP contribution in [0.5, 0.6) is 0 Å². The van der Waals surface area contributed by atoms with Gasteiger partial charge in [0.1, 0.15) is 0 Å². The fourth-order valence-electron chi connectivity index (χ4n) is 5.18. The van der Waals surface area contributed by atoms with Crippen LogP contribution in [0.2, 0.25) is 23.2 Å². The second-order valence-electron chi connectivity index (χ2n) is 13.7. The van der Waals surface area contributed by atoms with Gasteiger partial charge in [0.25, 0.3) is 0 Å². The molecule has 0 heterocycles. The van der Waals surface area contributed by atoms with Crippen molar-refractivity contribution in [3.63, 3.8) is 0 Å². The van der Waals surface area contributed by atoms with Gasteiger partial charge in [0.2, 0.25) is 0 Å². The highest BCUT2D eigenvalue weighted by Gasteiger charge is 2.46. The molecule has 0 amide bonds. The molecule has 0 saturated heterocycles. The first kappa shape index (κ1) is 33.5. The van der Waals surface area contributed by atoms with Crippen molar-refractivity contribution in [2.75, 3.05) is 0 Å². The molecule has 0 aliphatic heterocycles. The summed E-state index contributed by atoms with van der Waals surface area (Å²) in [5.41, 5.74) is 7.12. The fourth-order valence-corrected chi connectivity index (χ4v) is 11.2. The molecular weight excluding hydrogens is 547 g/mol. The lowest BCUT2D eigenvalue weighted by atomic mass is 10.1. The maximum Gasteiger partial charge on any atom is 0.192 e. The van der Waals surface area contributed by atoms with Gasteiger partial charge in [0.15, 0.2) is 16.4 Å². The van der Waals surface area contributed by atoms with E-state index in [4.69, 9.17) is 9.16 Å². The first-order valence-electron chi connectivity index (χ1n) is 15.1. The molecule has 0 bridgehead atoms. The Labute approximate surface area is 257 Å². The fraction of sp³-hybridized carbons (Fsp3) is 0.405. The van der Waals surface area contributed by atoms with E-state index in [1.165, 1.54) is 10.4 Å². The zero-order chi connectivity index (χ0) is 30.9. The van der Waals surface area contributed by atoms with Crippen molar-refractivity contribution in [2.24, 2.45) is 0 Å². The number of hydrogen-bond acceptors (Lipinski definition) is 3. The van der Waals surface area contributed by atoms with E-state index in [2.05, 4.69) is 151 Å². The van der Waals surface area contributed by atoms with Crippen LogP contribution >= 0.6 is 0 Å². The molecule has 5 heteroatoms. The van der Waals surface area contributed by atoms with Crippen molar-refractivity contribution in [2.45, 2.75) is 96.4 Å². The SMILES string of the molecule is CC(C)(C)[Si](C)(C)O[C@@H](CC#N)[C@@H](CC=C=C[Si](c1ccccc1)(c1ccccc1)C(C)(C)C)OCc1ccccc1. The van der Waals surface area contributed by atoms with Crippen molar-refractivity contribution < 1.29 is 9.16 Å². The lowest BCUT2D eigenvalue weighted by Gasteiger charge is -2.41. The molecule has 3 rings (SSSR count). The van der Waals surface area contributed by atoms with Crippen LogP contribution in [-0.4, -0.2) is 28.6 Å². The Morgan fingerprint density at radius 1 is 0.738 bits per heavy atom. The van der Waals surface area contributed by atoms with E-state index in [9.17, 15) is 5.26 Å². The smallest absolute Gasteiger partial charge is 0.192 e. The Morgan fingerprint density at radius 3 is 1.69 bits per heavy atom. The van der Waals surface area contributed by atoms with Gasteiger partial charge in [0.05, 0.1) is 31.3 Å². The largest absolute Gasteiger partial charge is 0.410 e. The number of benzene rings is 3. The van der Waals surface area contributed by atoms with Crippen molar-refractivity contribution in [3.8, 4) is 6.07 Å². The van der Waals surface area contributed by atoms with E-state index in [-0.39, 0.29) is 28.7 Å². The second-order valence-corrected chi connectivity index (χ2v) is 23.0. The first-order valence-corrected chi connectivity index (χ1v) is 20.0. The summed E-state index contributed by atoms with van der Waals surface area (Å²) in [6.07, 6.45) is 2.43. The number of rotatable bonds is 12. The summed E-state index contributed by atoms with van der Waals surface area (Å²) in [7, 11) is -4.52. The van der Waals surface area contributed by atoms with Crippen LogP contribution in [0.4, 0.5) is 0 Å². The summed E-state index contributed by atoms with van der Waals surface area (Å²) in [6.45, 7) is 18.7. The van der Waals surface area contributed by atoms with Gasteiger partial charge in [-0.05, 0) is 50.9 Å². The Balaban J connectivity index is 2.03. The van der Waals surface area contributed by atoms with Gasteiger partial charge in [-0.1, -0.05) is 133 Å². The average Bonchev–Trinajstić information content (AvgIpc) is 2.94. The van der Waals surface area contributed by atoms with Crippen molar-refractivity contribution in [1.29, 1.82) is 5.26 Å². The quantitative estimate of drug-likeness (QED) is 0.156. The van der Waals surface area contributed by atoms with E-state index >= 15 is 0 Å². The lowest BCUT2D eigenvalue weighted by Crippen LogP contribution is -2.63. The van der Waals surface area contributed by atoms with Gasteiger partial charge >= 0.3 is 0 Å². The molecule has 42 heavy (non-hydrogen) atoms. The highest BCUT2D eigenvalue weighted by molar-refractivity contribution is 7.07. The molecule has 0 spiro atoms. The highest BCUT2D eigenvalue weighted by atomic mass is 28.4. The minimum atomic E-state index is -2.38. The number of nitriles is 1. The molecule has 0 aliphatic rings. The Kier molecular flexibility index (Phi) is 11.5. The Bertz CT molecular complexity index is 1300. The molecule has 0 fully saturated rings. The lowest BCUT2D eigenvalue weighted by molar-refractivity contribution is -0.0359. The van der Waals surface area contributed by atoms with Crippen molar-refractivity contribution in [3.05, 3.63) is 114 Å². The summed E-state index contributed by atoms with van der Waals surface area (Å²) in [4.78, 5) is 0. The van der Waals surface area contributed by atoms with Gasteiger partial charge in [-0.2, -0.15) is 5.26 Å². The maximum atomic E-state index is 9.79. The molecule has 0 saturated carbocycles. The van der Waals surface area contributed by atoms with Gasteiger partial charge in [0, 0.05) is 6.42 Å². The van der Waals surface area contributed by atoms with Crippen LogP contribution in [-0.2, 0) is 15.8 Å². The number of ether oxygens (including phenoxy) is 1. The molecule has 0 aliphatic carbocycles. The number of hydrogen-bond donors (Lipinski definition) is 0. The molecule has 0 aromatic heterocycles. The predicted molar refractivity (Wildman–Crippen MR) is 182 cm³/mol. The maximum absolute atomic E-state index is 9.79. The molecule has 222 valence electrons. The van der Waals surface area contributed by atoms with Gasteiger partial charge in [-0.3, -0.25) is 0 Å². The van der Waals surface area contributed by atoms with Crippen LogP contribution in [0.15, 0.2) is 109 Å². The summed E-state index contributed by atoms with van der Waals surface area (Å²) >= 11 is 0. The molecule has 0 unspecified atom stereocenters. The Morgan fingerprint density at radius 2 is 1.24 bits per heavy atom. The van der Waals surface area contributed by atoms with E-state index in [0.29, 0.717) is 13.0 Å². The van der Waals surface area contributed by atoms with Crippen LogP contribution < -0.4 is 10.4 Å². The zero-order valence-corrected chi connectivity index (χ0v) is 28.9. The summed E-state index contributed by atoms with van der Waals surface area (Å²) in [5.74, 6) is 0. The van der Waals surface area contributed by atoms with Crippen LogP contribution in [0, 0.1) is 11.3 Å². The molecule has 3 aromatic carbocycles. The molecule has 3 nitrogen and oxygen atoms in total. The summed E-state index contributed by atoms with van der Waals surface area (Å²) in [6, 6.07) is 34.4. The molecule has 0 radical (unpaired) electrons. The third-order valence-electron chi connectivity index (χ3n) is 8.68. The second kappa shape index (κ2) is 14.5. The van der Waals surface area contributed by atoms with Gasteiger partial charge < -0.3 is 9.16 Å². The normalized spacial score (nSPS) is 13.9. The standard InChI is InChI=1S/C37H49NO2Si2/c1-36(2,3)41(7,8)40-35(27-28-38)34(39-30-31-20-12-9-13-21-31)26-18-19-29-42(37(4,5)6,32-22-14-10-15-23-32)33-24-16-11-17-25-33/h9-18,20-25,29,34-35H,26-27,30H2,1-8H3/t19?,34-,35+/m1/s1. The first-order chi connectivity index (χ1) is 19.8. The minimum absolute atomic E-state index is 0.00848. The molecule has 3 aromatic rings. The van der Waals surface area contributed by atoms with E-state index in [1.54, 1.807) is 0 Å². The average molecular weight is 596 g/mol. The summed E-state index contributed by atoms with van der Waals surface area (Å²) < 4.78 is 13.4.